The van der Waals surface area contributed by atoms with Gasteiger partial charge in [0, 0.05) is 50.7 Å². The SMILES string of the molecule is CN(C)c1ccc(-c2cc(-c3cccs3)[o+]c(-c3cccs3)c2)cc1.CN(C)c1ccc(-c2cc(-c3cccs3)[o+]c(-c3cccs3)c2)cc1.[O-]B([O-])F. The van der Waals surface area contributed by atoms with E-state index in [2.05, 4.69) is 181 Å². The van der Waals surface area contributed by atoms with Gasteiger partial charge in [-0.1, -0.05) is 48.5 Å². The molecule has 0 fully saturated rings. The van der Waals surface area contributed by atoms with Crippen molar-refractivity contribution in [1.29, 1.82) is 0 Å². The normalized spacial score (nSPS) is 10.5. The number of benzene rings is 2. The first-order valence-corrected chi connectivity index (χ1v) is 20.3. The molecule has 272 valence electrons. The second-order valence-electron chi connectivity index (χ2n) is 12.2. The van der Waals surface area contributed by atoms with Gasteiger partial charge in [-0.3, -0.25) is 0 Å². The number of rotatable bonds is 8. The lowest BCUT2D eigenvalue weighted by molar-refractivity contribution is -0.366. The van der Waals surface area contributed by atoms with Crippen molar-refractivity contribution in [3.63, 3.8) is 0 Å². The van der Waals surface area contributed by atoms with Crippen molar-refractivity contribution in [2.45, 2.75) is 0 Å². The fourth-order valence-electron chi connectivity index (χ4n) is 5.40. The van der Waals surface area contributed by atoms with E-state index in [4.69, 9.17) is 18.9 Å². The first-order valence-electron chi connectivity index (χ1n) is 16.8. The number of thiophene rings is 4. The van der Waals surface area contributed by atoms with Gasteiger partial charge in [0.15, 0.2) is 0 Å². The van der Waals surface area contributed by atoms with Crippen LogP contribution in [0.2, 0.25) is 0 Å². The van der Waals surface area contributed by atoms with E-state index in [1.807, 2.05) is 0 Å². The Hall–Kier alpha value is -4.95. The maximum atomic E-state index is 9.89. The van der Waals surface area contributed by atoms with Crippen LogP contribution in [0.25, 0.3) is 64.8 Å². The number of nitrogens with zero attached hydrogens (tertiary/aromatic N) is 2. The van der Waals surface area contributed by atoms with Crippen molar-refractivity contribution >= 4 is 64.1 Å². The third kappa shape index (κ3) is 10.2. The fraction of sp³-hybridized carbons (Fsp3) is 0.0952. The first kappa shape index (κ1) is 38.8. The van der Waals surface area contributed by atoms with Crippen LogP contribution in [-0.4, -0.2) is 35.6 Å². The van der Waals surface area contributed by atoms with E-state index < -0.39 is 7.40 Å². The van der Waals surface area contributed by atoms with E-state index in [9.17, 15) is 4.32 Å². The third-order valence-corrected chi connectivity index (χ3v) is 11.6. The van der Waals surface area contributed by atoms with Gasteiger partial charge >= 0.3 is 23.0 Å². The largest absolute Gasteiger partial charge is 0.867 e. The summed E-state index contributed by atoms with van der Waals surface area (Å²) < 4.78 is 22.3. The lowest BCUT2D eigenvalue weighted by Crippen LogP contribution is -2.39. The molecule has 0 radical (unpaired) electrons. The van der Waals surface area contributed by atoms with Gasteiger partial charge in [0.1, 0.15) is 26.9 Å². The average Bonchev–Trinajstić information content (AvgIpc) is 4.03. The number of anilines is 2. The van der Waals surface area contributed by atoms with E-state index in [0.717, 1.165) is 42.5 Å². The predicted octanol–water partition coefficient (Wildman–Crippen LogP) is 11.2. The highest BCUT2D eigenvalue weighted by Crippen LogP contribution is 2.38. The summed E-state index contributed by atoms with van der Waals surface area (Å²) >= 11 is 6.78. The summed E-state index contributed by atoms with van der Waals surface area (Å²) in [5.74, 6) is 3.64. The fourth-order valence-corrected chi connectivity index (χ4v) is 8.11. The molecule has 6 aromatic heterocycles. The van der Waals surface area contributed by atoms with Crippen LogP contribution in [0.4, 0.5) is 15.7 Å². The highest BCUT2D eigenvalue weighted by Gasteiger charge is 2.23. The summed E-state index contributed by atoms with van der Waals surface area (Å²) in [6.07, 6.45) is 0. The topological polar surface area (TPSA) is 75.2 Å². The molecule has 0 spiro atoms. The zero-order chi connectivity index (χ0) is 38.0. The Balaban J connectivity index is 0.000000168. The third-order valence-electron chi connectivity index (χ3n) is 8.08. The Morgan fingerprint density at radius 1 is 0.444 bits per heavy atom. The first-order chi connectivity index (χ1) is 26.1. The van der Waals surface area contributed by atoms with Gasteiger partial charge in [-0.2, -0.15) is 0 Å². The van der Waals surface area contributed by atoms with E-state index in [0.29, 0.717) is 0 Å². The van der Waals surface area contributed by atoms with Crippen molar-refractivity contribution in [2.24, 2.45) is 0 Å². The molecule has 54 heavy (non-hydrogen) atoms. The van der Waals surface area contributed by atoms with Crippen molar-refractivity contribution in [2.75, 3.05) is 38.0 Å². The van der Waals surface area contributed by atoms with E-state index in [1.54, 1.807) is 45.3 Å². The molecule has 12 heteroatoms. The minimum absolute atomic E-state index is 0.910. The molecule has 8 aromatic rings. The molecule has 2 aromatic carbocycles. The summed E-state index contributed by atoms with van der Waals surface area (Å²) in [6.45, 7) is 0. The van der Waals surface area contributed by atoms with Gasteiger partial charge in [-0.15, -0.1) is 45.3 Å². The van der Waals surface area contributed by atoms with Crippen LogP contribution in [0.1, 0.15) is 0 Å². The molecule has 8 rings (SSSR count). The molecular weight excluding hydrogens is 755 g/mol. The smallest absolute Gasteiger partial charge is 0.371 e. The molecule has 0 amide bonds. The van der Waals surface area contributed by atoms with Gasteiger partial charge in [0.05, 0.1) is 24.3 Å². The summed E-state index contributed by atoms with van der Waals surface area (Å²) in [4.78, 5) is 8.79. The Morgan fingerprint density at radius 3 is 0.907 bits per heavy atom. The number of hydrogen-bond acceptors (Lipinski definition) is 8. The van der Waals surface area contributed by atoms with Crippen LogP contribution in [0, 0.1) is 0 Å². The minimum Gasteiger partial charge on any atom is -0.867 e. The molecule has 0 N–H and O–H groups in total. The van der Waals surface area contributed by atoms with E-state index in [-0.39, 0.29) is 0 Å². The molecule has 0 bridgehead atoms. The quantitative estimate of drug-likeness (QED) is 0.113. The van der Waals surface area contributed by atoms with Crippen molar-refractivity contribution in [3.05, 3.63) is 143 Å². The summed E-state index contributed by atoms with van der Waals surface area (Å²) in [5.41, 5.74) is 7.11. The second kappa shape index (κ2) is 18.4. The Bertz CT molecular complexity index is 2040. The molecule has 6 nitrogen and oxygen atoms in total. The Kier molecular flexibility index (Phi) is 13.2. The van der Waals surface area contributed by atoms with Crippen molar-refractivity contribution in [1.82, 2.24) is 0 Å². The highest BCUT2D eigenvalue weighted by molar-refractivity contribution is 7.14. The van der Waals surface area contributed by atoms with Crippen molar-refractivity contribution in [3.8, 4) is 64.8 Å². The van der Waals surface area contributed by atoms with Gasteiger partial charge in [-0.05, 0) is 81.2 Å². The zero-order valence-corrected chi connectivity index (χ0v) is 33.2. The van der Waals surface area contributed by atoms with Crippen molar-refractivity contribution < 1.29 is 23.2 Å². The minimum atomic E-state index is -3.17. The van der Waals surface area contributed by atoms with Gasteiger partial charge in [0.2, 0.25) is 0 Å². The van der Waals surface area contributed by atoms with Crippen LogP contribution in [0.15, 0.2) is 152 Å². The molecular formula is C42H36BFN2O4S4. The van der Waals surface area contributed by atoms with Gasteiger partial charge in [0.25, 0.3) is 0 Å². The molecule has 0 aliphatic rings. The average molecular weight is 791 g/mol. The standard InChI is InChI=1S/2C21H18NOS2.BFO2/c2*1-22(2)17-9-7-15(8-10-17)16-13-18(20-5-3-11-24-20)23-19(14-16)21-6-4-12-25-21;2-1(3)4/h2*3-14H,1-2H3;/q2*+1;-2. The highest BCUT2D eigenvalue weighted by atomic mass is 32.1. The lowest BCUT2D eigenvalue weighted by atomic mass is 10.0. The van der Waals surface area contributed by atoms with Crippen LogP contribution in [-0.2, 0) is 0 Å². The molecule has 0 atom stereocenters. The van der Waals surface area contributed by atoms with E-state index in [1.165, 1.54) is 33.6 Å². The molecule has 0 unspecified atom stereocenters. The van der Waals surface area contributed by atoms with Crippen LogP contribution in [0.5, 0.6) is 0 Å². The van der Waals surface area contributed by atoms with E-state index >= 15 is 0 Å². The Labute approximate surface area is 331 Å². The number of halogens is 1. The molecule has 0 aliphatic heterocycles. The molecule has 0 saturated carbocycles. The summed E-state index contributed by atoms with van der Waals surface area (Å²) in [7, 11) is 5.06. The predicted molar refractivity (Wildman–Crippen MR) is 226 cm³/mol. The maximum Gasteiger partial charge on any atom is 0.371 e. The Morgan fingerprint density at radius 2 is 0.704 bits per heavy atom. The number of hydrogen-bond donors (Lipinski definition) is 0. The summed E-state index contributed by atoms with van der Waals surface area (Å²) in [5, 5.41) is 24.9. The van der Waals surface area contributed by atoms with Crippen LogP contribution in [0.3, 0.4) is 0 Å². The summed E-state index contributed by atoms with van der Waals surface area (Å²) in [6, 6.07) is 42.4. The zero-order valence-electron chi connectivity index (χ0n) is 30.0. The molecule has 0 aliphatic carbocycles. The molecule has 0 saturated heterocycles. The van der Waals surface area contributed by atoms with Crippen LogP contribution >= 0.6 is 45.3 Å². The monoisotopic (exact) mass is 790 g/mol. The molecule has 6 heterocycles. The van der Waals surface area contributed by atoms with Gasteiger partial charge < -0.3 is 24.2 Å². The maximum absolute atomic E-state index is 9.89. The van der Waals surface area contributed by atoms with Crippen LogP contribution < -0.4 is 19.8 Å². The van der Waals surface area contributed by atoms with Gasteiger partial charge in [-0.25, -0.2) is 8.83 Å². The lowest BCUT2D eigenvalue weighted by Gasteiger charge is -2.12. The second-order valence-corrected chi connectivity index (χ2v) is 16.0.